The Morgan fingerprint density at radius 1 is 1.23 bits per heavy atom. The summed E-state index contributed by atoms with van der Waals surface area (Å²) in [5, 5.41) is 1.10. The van der Waals surface area contributed by atoms with Gasteiger partial charge in [-0.25, -0.2) is 4.79 Å². The van der Waals surface area contributed by atoms with Crippen molar-refractivity contribution in [2.45, 2.75) is 44.8 Å². The molecule has 0 spiro atoms. The number of amides is 1. The van der Waals surface area contributed by atoms with Crippen LogP contribution in [0.15, 0.2) is 18.2 Å². The van der Waals surface area contributed by atoms with Gasteiger partial charge in [0.2, 0.25) is 0 Å². The molecule has 2 aliphatic heterocycles. The number of hydrogen-bond donors (Lipinski definition) is 0. The minimum Gasteiger partial charge on any atom is -0.444 e. The summed E-state index contributed by atoms with van der Waals surface area (Å²) in [5.41, 5.74) is 0.597. The quantitative estimate of drug-likeness (QED) is 0.536. The number of rotatable bonds is 7. The van der Waals surface area contributed by atoms with Crippen LogP contribution in [0.25, 0.3) is 0 Å². The molecule has 5 nitrogen and oxygen atoms in total. The Bertz CT molecular complexity index is 747. The van der Waals surface area contributed by atoms with Crippen molar-refractivity contribution in [3.8, 4) is 0 Å². The number of halogens is 2. The molecule has 2 heterocycles. The Morgan fingerprint density at radius 2 is 1.90 bits per heavy atom. The smallest absolute Gasteiger partial charge is 0.410 e. The Kier molecular flexibility index (Phi) is 8.84. The Balaban J connectivity index is 1.58. The molecule has 1 aromatic carbocycles. The number of thioether (sulfide) groups is 1. The average Bonchev–Trinajstić information content (AvgIpc) is 2.67. The van der Waals surface area contributed by atoms with Gasteiger partial charge in [0.15, 0.2) is 0 Å². The van der Waals surface area contributed by atoms with E-state index in [0.29, 0.717) is 22.6 Å². The molecule has 0 unspecified atom stereocenters. The van der Waals surface area contributed by atoms with Crippen LogP contribution < -0.4 is 0 Å². The zero-order valence-corrected chi connectivity index (χ0v) is 21.4. The van der Waals surface area contributed by atoms with Crippen LogP contribution in [0.4, 0.5) is 4.79 Å². The predicted octanol–water partition coefficient (Wildman–Crippen LogP) is 5.07. The van der Waals surface area contributed by atoms with Crippen LogP contribution in [-0.4, -0.2) is 90.3 Å². The van der Waals surface area contributed by atoms with Crippen molar-refractivity contribution in [2.75, 3.05) is 57.8 Å². The van der Waals surface area contributed by atoms with E-state index in [9.17, 15) is 4.79 Å². The molecular weight excluding hydrogens is 453 g/mol. The average molecular weight is 489 g/mol. The van der Waals surface area contributed by atoms with Crippen LogP contribution in [0.5, 0.6) is 0 Å². The molecule has 0 aliphatic carbocycles. The van der Waals surface area contributed by atoms with Crippen LogP contribution in [0, 0.1) is 0 Å². The van der Waals surface area contributed by atoms with Crippen LogP contribution in [0.1, 0.15) is 38.7 Å². The summed E-state index contributed by atoms with van der Waals surface area (Å²) in [6, 6.07) is 6.50. The second kappa shape index (κ2) is 11.0. The van der Waals surface area contributed by atoms with Crippen LogP contribution in [0.3, 0.4) is 0 Å². The van der Waals surface area contributed by atoms with E-state index < -0.39 is 5.60 Å². The van der Waals surface area contributed by atoms with Gasteiger partial charge in [-0.3, -0.25) is 4.90 Å². The lowest BCUT2D eigenvalue weighted by Crippen LogP contribution is -2.61. The molecule has 2 aliphatic rings. The lowest BCUT2D eigenvalue weighted by molar-refractivity contribution is 0.0261. The van der Waals surface area contributed by atoms with Gasteiger partial charge in [0.1, 0.15) is 5.60 Å². The number of likely N-dealkylation sites (N-methyl/N-ethyl adjacent to an activating group) is 1. The molecule has 0 bridgehead atoms. The van der Waals surface area contributed by atoms with E-state index in [4.69, 9.17) is 27.9 Å². The zero-order chi connectivity index (χ0) is 22.6. The highest BCUT2D eigenvalue weighted by Gasteiger charge is 2.33. The molecule has 3 rings (SSSR count). The Morgan fingerprint density at radius 3 is 2.52 bits per heavy atom. The zero-order valence-electron chi connectivity index (χ0n) is 19.1. The molecule has 8 heteroatoms. The van der Waals surface area contributed by atoms with Crippen molar-refractivity contribution in [1.29, 1.82) is 0 Å². The van der Waals surface area contributed by atoms with E-state index in [1.54, 1.807) is 11.9 Å². The summed E-state index contributed by atoms with van der Waals surface area (Å²) in [7, 11) is 1.80. The fourth-order valence-electron chi connectivity index (χ4n) is 4.11. The van der Waals surface area contributed by atoms with Crippen molar-refractivity contribution in [3.05, 3.63) is 33.8 Å². The third-order valence-electron chi connectivity index (χ3n) is 5.91. The molecule has 2 saturated heterocycles. The largest absolute Gasteiger partial charge is 0.444 e. The summed E-state index contributed by atoms with van der Waals surface area (Å²) in [6.45, 7) is 12.0. The fourth-order valence-corrected chi connectivity index (χ4v) is 5.35. The summed E-state index contributed by atoms with van der Waals surface area (Å²) >= 11 is 14.5. The first-order chi connectivity index (χ1) is 14.6. The highest BCUT2D eigenvalue weighted by Crippen LogP contribution is 2.30. The molecular formula is C23H35Cl2N3O2S. The number of benzene rings is 1. The van der Waals surface area contributed by atoms with Gasteiger partial charge in [-0.2, -0.15) is 11.8 Å². The van der Waals surface area contributed by atoms with Gasteiger partial charge in [0.25, 0.3) is 0 Å². The maximum atomic E-state index is 12.5. The topological polar surface area (TPSA) is 36.0 Å². The maximum Gasteiger partial charge on any atom is 0.410 e. The Labute approximate surface area is 201 Å². The number of likely N-dealkylation sites (tertiary alicyclic amines) is 1. The number of nitrogens with zero attached hydrogens (tertiary/aromatic N) is 3. The van der Waals surface area contributed by atoms with Crippen molar-refractivity contribution >= 4 is 41.1 Å². The second-order valence-corrected chi connectivity index (χ2v) is 11.6. The van der Waals surface area contributed by atoms with Gasteiger partial charge in [0.05, 0.1) is 10.0 Å². The third-order valence-corrected chi connectivity index (χ3v) is 7.59. The van der Waals surface area contributed by atoms with Crippen molar-refractivity contribution in [1.82, 2.24) is 14.7 Å². The maximum absolute atomic E-state index is 12.5. The number of ether oxygens (including phenoxy) is 1. The standard InChI is InChI=1S/C23H35Cl2N3O2S/c1-23(2,3)30-22(29)26(4)14-18(17-5-6-20(24)21(25)13-17)7-8-27-15-19(16-27)28-9-11-31-12-10-28/h5-6,13,18-19H,7-12,14-16H2,1-4H3/t18-/m1/s1. The summed E-state index contributed by atoms with van der Waals surface area (Å²) in [6.07, 6.45) is 0.651. The molecule has 0 saturated carbocycles. The first-order valence-electron chi connectivity index (χ1n) is 11.1. The SMILES string of the molecule is CN(C[C@@H](CCN1CC(N2CCSCC2)C1)c1ccc(Cl)c(Cl)c1)C(=O)OC(C)(C)C. The number of hydrogen-bond acceptors (Lipinski definition) is 5. The van der Waals surface area contributed by atoms with E-state index in [1.165, 1.54) is 24.6 Å². The highest BCUT2D eigenvalue weighted by atomic mass is 35.5. The normalized spacial score (nSPS) is 19.7. The van der Waals surface area contributed by atoms with Crippen LogP contribution >= 0.6 is 35.0 Å². The monoisotopic (exact) mass is 487 g/mol. The molecule has 31 heavy (non-hydrogen) atoms. The number of carbonyl (C=O) groups is 1. The predicted molar refractivity (Wildman–Crippen MR) is 132 cm³/mol. The van der Waals surface area contributed by atoms with E-state index in [1.807, 2.05) is 39.0 Å². The second-order valence-electron chi connectivity index (χ2n) is 9.58. The van der Waals surface area contributed by atoms with Crippen molar-refractivity contribution < 1.29 is 9.53 Å². The molecule has 1 aromatic rings. The molecule has 0 aromatic heterocycles. The van der Waals surface area contributed by atoms with Gasteiger partial charge in [-0.1, -0.05) is 29.3 Å². The van der Waals surface area contributed by atoms with E-state index in [2.05, 4.69) is 21.6 Å². The number of carbonyl (C=O) groups excluding carboxylic acids is 1. The molecule has 1 amide bonds. The molecule has 2 fully saturated rings. The van der Waals surface area contributed by atoms with Crippen LogP contribution in [-0.2, 0) is 4.74 Å². The summed E-state index contributed by atoms with van der Waals surface area (Å²) < 4.78 is 5.54. The Hall–Kier alpha value is -0.660. The van der Waals surface area contributed by atoms with E-state index in [0.717, 1.165) is 31.6 Å². The lowest BCUT2D eigenvalue weighted by atomic mass is 9.94. The van der Waals surface area contributed by atoms with Crippen molar-refractivity contribution in [3.63, 3.8) is 0 Å². The van der Waals surface area contributed by atoms with E-state index in [-0.39, 0.29) is 12.0 Å². The molecule has 0 radical (unpaired) electrons. The minimum absolute atomic E-state index is 0.165. The highest BCUT2D eigenvalue weighted by molar-refractivity contribution is 7.99. The summed E-state index contributed by atoms with van der Waals surface area (Å²) in [5.74, 6) is 2.68. The van der Waals surface area contributed by atoms with Gasteiger partial charge in [0, 0.05) is 63.2 Å². The van der Waals surface area contributed by atoms with Crippen molar-refractivity contribution in [2.24, 2.45) is 0 Å². The summed E-state index contributed by atoms with van der Waals surface area (Å²) in [4.78, 5) is 19.3. The molecule has 1 atom stereocenters. The van der Waals surface area contributed by atoms with Gasteiger partial charge in [-0.05, 0) is 51.4 Å². The third kappa shape index (κ3) is 7.43. The van der Waals surface area contributed by atoms with Gasteiger partial charge in [-0.15, -0.1) is 0 Å². The fraction of sp³-hybridized carbons (Fsp3) is 0.696. The lowest BCUT2D eigenvalue weighted by Gasteiger charge is -2.47. The molecule has 174 valence electrons. The van der Waals surface area contributed by atoms with Crippen LogP contribution in [0.2, 0.25) is 10.0 Å². The molecule has 0 N–H and O–H groups in total. The van der Waals surface area contributed by atoms with Gasteiger partial charge >= 0.3 is 6.09 Å². The van der Waals surface area contributed by atoms with E-state index >= 15 is 0 Å². The van der Waals surface area contributed by atoms with Gasteiger partial charge < -0.3 is 14.5 Å². The first kappa shape index (κ1) is 25.0. The minimum atomic E-state index is -0.510. The first-order valence-corrected chi connectivity index (χ1v) is 13.0.